The number of amides is 4. The Kier molecular flexibility index (Phi) is 6.42. The third kappa shape index (κ3) is 4.66. The van der Waals surface area contributed by atoms with Crippen LogP contribution in [0.15, 0.2) is 84.6 Å². The number of anilines is 1. The van der Waals surface area contributed by atoms with E-state index in [-0.39, 0.29) is 11.3 Å². The highest BCUT2D eigenvalue weighted by molar-refractivity contribution is 6.39. The highest BCUT2D eigenvalue weighted by Crippen LogP contribution is 2.28. The smallest absolute Gasteiger partial charge is 0.335 e. The van der Waals surface area contributed by atoms with Crippen LogP contribution >= 0.6 is 0 Å². The first-order chi connectivity index (χ1) is 18.0. The van der Waals surface area contributed by atoms with Gasteiger partial charge in [-0.1, -0.05) is 30.3 Å². The number of fused-ring (bicyclic) bond motifs is 1. The summed E-state index contributed by atoms with van der Waals surface area (Å²) in [6.45, 7) is 0.837. The zero-order chi connectivity index (χ0) is 25.9. The molecule has 5 rings (SSSR count). The third-order valence-corrected chi connectivity index (χ3v) is 5.96. The van der Waals surface area contributed by atoms with Gasteiger partial charge in [0.2, 0.25) is 0 Å². The van der Waals surface area contributed by atoms with Crippen LogP contribution in [0.3, 0.4) is 0 Å². The summed E-state index contributed by atoms with van der Waals surface area (Å²) in [5.41, 5.74) is 1.45. The number of carbonyl (C=O) groups is 3. The van der Waals surface area contributed by atoms with Crippen molar-refractivity contribution in [3.8, 4) is 11.5 Å². The number of para-hydroxylation sites is 3. The van der Waals surface area contributed by atoms with Crippen LogP contribution in [0.25, 0.3) is 17.0 Å². The number of halogens is 1. The molecule has 1 aromatic heterocycles. The van der Waals surface area contributed by atoms with Crippen LogP contribution in [0.4, 0.5) is 14.9 Å². The Morgan fingerprint density at radius 3 is 2.38 bits per heavy atom. The van der Waals surface area contributed by atoms with E-state index in [2.05, 4.69) is 5.32 Å². The van der Waals surface area contributed by atoms with Gasteiger partial charge in [-0.2, -0.15) is 0 Å². The van der Waals surface area contributed by atoms with Crippen LogP contribution in [-0.4, -0.2) is 36.1 Å². The highest BCUT2D eigenvalue weighted by Gasteiger charge is 2.37. The van der Waals surface area contributed by atoms with Gasteiger partial charge in [-0.3, -0.25) is 14.9 Å². The fourth-order valence-electron chi connectivity index (χ4n) is 4.20. The van der Waals surface area contributed by atoms with E-state index in [1.54, 1.807) is 7.11 Å². The van der Waals surface area contributed by atoms with Gasteiger partial charge in [0.15, 0.2) is 11.5 Å². The van der Waals surface area contributed by atoms with Crippen molar-refractivity contribution < 1.29 is 28.2 Å². The number of rotatable bonds is 7. The van der Waals surface area contributed by atoms with Gasteiger partial charge in [0.05, 0.1) is 19.3 Å². The Balaban J connectivity index is 1.44. The normalized spacial score (nSPS) is 14.8. The second-order valence-corrected chi connectivity index (χ2v) is 8.23. The summed E-state index contributed by atoms with van der Waals surface area (Å²) in [6, 6.07) is 18.9. The molecule has 1 N–H and O–H groups in total. The lowest BCUT2D eigenvalue weighted by atomic mass is 10.1. The first-order valence-corrected chi connectivity index (χ1v) is 11.5. The summed E-state index contributed by atoms with van der Waals surface area (Å²) < 4.78 is 26.6. The van der Waals surface area contributed by atoms with Crippen molar-refractivity contribution >= 4 is 40.5 Å². The Labute approximate surface area is 211 Å². The molecule has 1 aliphatic heterocycles. The van der Waals surface area contributed by atoms with Crippen LogP contribution in [0.5, 0.6) is 11.5 Å². The number of hydrogen-bond donors (Lipinski definition) is 1. The van der Waals surface area contributed by atoms with Gasteiger partial charge in [0.1, 0.15) is 18.0 Å². The summed E-state index contributed by atoms with van der Waals surface area (Å²) in [5, 5.41) is 3.01. The molecule has 0 atom stereocenters. The zero-order valence-corrected chi connectivity index (χ0v) is 19.8. The molecular weight excluding hydrogens is 477 g/mol. The zero-order valence-electron chi connectivity index (χ0n) is 19.8. The molecular formula is C28H22FN3O5. The van der Waals surface area contributed by atoms with Crippen molar-refractivity contribution in [1.82, 2.24) is 9.88 Å². The topological polar surface area (TPSA) is 89.9 Å². The van der Waals surface area contributed by atoms with E-state index in [0.717, 1.165) is 27.9 Å². The van der Waals surface area contributed by atoms with Gasteiger partial charge in [-0.05, 0) is 48.5 Å². The Morgan fingerprint density at radius 1 is 0.919 bits per heavy atom. The molecule has 0 unspecified atom stereocenters. The van der Waals surface area contributed by atoms with Crippen molar-refractivity contribution in [2.45, 2.75) is 6.54 Å². The van der Waals surface area contributed by atoms with Crippen LogP contribution in [0.1, 0.15) is 5.56 Å². The minimum Gasteiger partial charge on any atom is -0.493 e. The quantitative estimate of drug-likeness (QED) is 0.298. The molecule has 1 saturated heterocycles. The number of methoxy groups -OCH3 is 1. The predicted molar refractivity (Wildman–Crippen MR) is 136 cm³/mol. The average Bonchev–Trinajstić information content (AvgIpc) is 3.25. The lowest BCUT2D eigenvalue weighted by Crippen LogP contribution is -2.54. The number of hydrogen-bond acceptors (Lipinski definition) is 5. The number of carbonyl (C=O) groups excluding carboxylic acids is 3. The van der Waals surface area contributed by atoms with Crippen molar-refractivity contribution in [2.24, 2.45) is 0 Å². The van der Waals surface area contributed by atoms with Crippen LogP contribution in [-0.2, 0) is 16.1 Å². The van der Waals surface area contributed by atoms with Crippen molar-refractivity contribution in [2.75, 3.05) is 18.6 Å². The average molecular weight is 499 g/mol. The lowest BCUT2D eigenvalue weighted by molar-refractivity contribution is -0.122. The number of nitrogens with zero attached hydrogens (tertiary/aromatic N) is 2. The SMILES string of the molecule is COc1ccccc1OCCn1cc(C=C2C(=O)NC(=O)N(c3ccc(F)cc3)C2=O)c2ccccc21. The maximum Gasteiger partial charge on any atom is 0.335 e. The molecule has 0 radical (unpaired) electrons. The highest BCUT2D eigenvalue weighted by atomic mass is 19.1. The van der Waals surface area contributed by atoms with Crippen LogP contribution in [0.2, 0.25) is 0 Å². The minimum absolute atomic E-state index is 0.151. The van der Waals surface area contributed by atoms with E-state index >= 15 is 0 Å². The second kappa shape index (κ2) is 9.98. The number of imide groups is 2. The molecule has 2 heterocycles. The molecule has 186 valence electrons. The standard InChI is InChI=1S/C28H22FN3O5/c1-36-24-8-4-5-9-25(24)37-15-14-31-17-18(21-6-2-3-7-23(21)31)16-22-26(33)30-28(35)32(27(22)34)20-12-10-19(29)11-13-20/h2-13,16-17H,14-15H2,1H3,(H,30,33,35). The molecule has 0 bridgehead atoms. The minimum atomic E-state index is -0.894. The molecule has 37 heavy (non-hydrogen) atoms. The predicted octanol–water partition coefficient (Wildman–Crippen LogP) is 4.53. The van der Waals surface area contributed by atoms with Gasteiger partial charge >= 0.3 is 6.03 Å². The first kappa shape index (κ1) is 23.8. The van der Waals surface area contributed by atoms with Gasteiger partial charge in [0.25, 0.3) is 11.8 Å². The Morgan fingerprint density at radius 2 is 1.62 bits per heavy atom. The van der Waals surface area contributed by atoms with Crippen LogP contribution < -0.4 is 19.7 Å². The Bertz CT molecular complexity index is 1540. The molecule has 9 heteroatoms. The molecule has 4 aromatic rings. The van der Waals surface area contributed by atoms with E-state index in [1.165, 1.54) is 18.2 Å². The van der Waals surface area contributed by atoms with Gasteiger partial charge < -0.3 is 14.0 Å². The maximum atomic E-state index is 13.4. The monoisotopic (exact) mass is 499 g/mol. The van der Waals surface area contributed by atoms with Gasteiger partial charge in [0, 0.05) is 22.7 Å². The van der Waals surface area contributed by atoms with E-state index in [9.17, 15) is 18.8 Å². The van der Waals surface area contributed by atoms with E-state index < -0.39 is 23.7 Å². The van der Waals surface area contributed by atoms with E-state index in [4.69, 9.17) is 9.47 Å². The molecule has 1 aliphatic rings. The first-order valence-electron chi connectivity index (χ1n) is 11.5. The Hall–Kier alpha value is -4.92. The van der Waals surface area contributed by atoms with Crippen molar-refractivity contribution in [1.29, 1.82) is 0 Å². The molecule has 4 amide bonds. The summed E-state index contributed by atoms with van der Waals surface area (Å²) in [6.07, 6.45) is 3.28. The van der Waals surface area contributed by atoms with Gasteiger partial charge in [-0.25, -0.2) is 14.1 Å². The second-order valence-electron chi connectivity index (χ2n) is 8.23. The number of aromatic nitrogens is 1. The molecule has 3 aromatic carbocycles. The van der Waals surface area contributed by atoms with E-state index in [0.29, 0.717) is 30.2 Å². The van der Waals surface area contributed by atoms with E-state index in [1.807, 2.05) is 59.3 Å². The fraction of sp³-hybridized carbons (Fsp3) is 0.107. The molecule has 0 spiro atoms. The summed E-state index contributed by atoms with van der Waals surface area (Å²) >= 11 is 0. The van der Waals surface area contributed by atoms with Crippen molar-refractivity contribution in [3.63, 3.8) is 0 Å². The molecule has 8 nitrogen and oxygen atoms in total. The van der Waals surface area contributed by atoms with Crippen molar-refractivity contribution in [3.05, 3.63) is 95.9 Å². The number of nitrogens with one attached hydrogen (secondary N) is 1. The molecule has 0 aliphatic carbocycles. The van der Waals surface area contributed by atoms with Crippen LogP contribution in [0, 0.1) is 5.82 Å². The largest absolute Gasteiger partial charge is 0.493 e. The summed E-state index contributed by atoms with van der Waals surface area (Å²) in [7, 11) is 1.58. The number of benzene rings is 3. The maximum absolute atomic E-state index is 13.4. The lowest BCUT2D eigenvalue weighted by Gasteiger charge is -2.26. The number of urea groups is 1. The fourth-order valence-corrected chi connectivity index (χ4v) is 4.20. The number of ether oxygens (including phenoxy) is 2. The number of barbiturate groups is 1. The summed E-state index contributed by atoms with van der Waals surface area (Å²) in [5.74, 6) is -0.851. The molecule has 1 fully saturated rings. The molecule has 0 saturated carbocycles. The third-order valence-electron chi connectivity index (χ3n) is 5.96. The van der Waals surface area contributed by atoms with Gasteiger partial charge in [-0.15, -0.1) is 0 Å². The summed E-state index contributed by atoms with van der Waals surface area (Å²) in [4.78, 5) is 39.1.